The van der Waals surface area contributed by atoms with Gasteiger partial charge in [-0.2, -0.15) is 5.10 Å². The summed E-state index contributed by atoms with van der Waals surface area (Å²) in [4.78, 5) is 12.8. The molecule has 1 atom stereocenters. The summed E-state index contributed by atoms with van der Waals surface area (Å²) < 4.78 is 5.48. The summed E-state index contributed by atoms with van der Waals surface area (Å²) in [5, 5.41) is 12.2. The molecule has 0 spiro atoms. The zero-order valence-electron chi connectivity index (χ0n) is 15.8. The van der Waals surface area contributed by atoms with E-state index in [2.05, 4.69) is 45.8 Å². The van der Waals surface area contributed by atoms with Crippen molar-refractivity contribution in [3.63, 3.8) is 0 Å². The van der Waals surface area contributed by atoms with Gasteiger partial charge in [-0.3, -0.25) is 9.89 Å². The Morgan fingerprint density at radius 2 is 1.89 bits per heavy atom. The smallest absolute Gasteiger partial charge is 0.251 e. The lowest BCUT2D eigenvalue weighted by Gasteiger charge is -2.16. The number of methoxy groups -OCH3 is 1. The van der Waals surface area contributed by atoms with E-state index in [-0.39, 0.29) is 11.9 Å². The maximum atomic E-state index is 12.8. The molecule has 140 valence electrons. The average molecular weight is 371 g/mol. The molecule has 0 aliphatic carbocycles. The molecular weight excluding hydrogens is 350 g/mol. The maximum absolute atomic E-state index is 12.8. The SMILES string of the molecule is COc1cc(C(=O)NC(C)c2ccc3ccccc3c2)ccc1-c1cn[nH]c1. The second-order valence-electron chi connectivity index (χ2n) is 6.70. The van der Waals surface area contributed by atoms with Crippen molar-refractivity contribution in [2.75, 3.05) is 7.11 Å². The molecule has 0 saturated carbocycles. The lowest BCUT2D eigenvalue weighted by atomic mass is 10.0. The first-order chi connectivity index (χ1) is 13.7. The summed E-state index contributed by atoms with van der Waals surface area (Å²) in [5.74, 6) is 0.491. The summed E-state index contributed by atoms with van der Waals surface area (Å²) in [6.07, 6.45) is 3.51. The molecule has 0 aliphatic rings. The Kier molecular flexibility index (Phi) is 4.81. The van der Waals surface area contributed by atoms with Crippen LogP contribution in [0.2, 0.25) is 0 Å². The minimum absolute atomic E-state index is 0.114. The number of ether oxygens (including phenoxy) is 1. The van der Waals surface area contributed by atoms with Crippen LogP contribution in [0.5, 0.6) is 5.75 Å². The molecule has 0 aliphatic heterocycles. The molecule has 1 heterocycles. The van der Waals surface area contributed by atoms with Gasteiger partial charge < -0.3 is 10.1 Å². The van der Waals surface area contributed by atoms with Gasteiger partial charge in [0.25, 0.3) is 5.91 Å². The minimum atomic E-state index is -0.141. The number of nitrogens with one attached hydrogen (secondary N) is 2. The Bertz CT molecular complexity index is 1120. The van der Waals surface area contributed by atoms with Gasteiger partial charge in [0, 0.05) is 22.9 Å². The number of nitrogens with zero attached hydrogens (tertiary/aromatic N) is 1. The highest BCUT2D eigenvalue weighted by Crippen LogP contribution is 2.30. The molecule has 5 nitrogen and oxygen atoms in total. The van der Waals surface area contributed by atoms with E-state index in [1.165, 1.54) is 5.39 Å². The van der Waals surface area contributed by atoms with Crippen molar-refractivity contribution < 1.29 is 9.53 Å². The van der Waals surface area contributed by atoms with Crippen LogP contribution in [-0.4, -0.2) is 23.2 Å². The first-order valence-electron chi connectivity index (χ1n) is 9.12. The van der Waals surface area contributed by atoms with Crippen molar-refractivity contribution in [3.05, 3.63) is 84.2 Å². The largest absolute Gasteiger partial charge is 0.496 e. The van der Waals surface area contributed by atoms with Crippen LogP contribution in [0.4, 0.5) is 0 Å². The maximum Gasteiger partial charge on any atom is 0.251 e. The third-order valence-electron chi connectivity index (χ3n) is 4.89. The Morgan fingerprint density at radius 3 is 2.64 bits per heavy atom. The van der Waals surface area contributed by atoms with Crippen LogP contribution in [0.25, 0.3) is 21.9 Å². The molecule has 0 fully saturated rings. The van der Waals surface area contributed by atoms with Gasteiger partial charge in [-0.1, -0.05) is 36.4 Å². The quantitative estimate of drug-likeness (QED) is 0.533. The molecule has 0 bridgehead atoms. The number of H-pyrrole nitrogens is 1. The van der Waals surface area contributed by atoms with Gasteiger partial charge in [0.05, 0.1) is 19.3 Å². The van der Waals surface area contributed by atoms with Crippen LogP contribution in [0.3, 0.4) is 0 Å². The number of hydrogen-bond acceptors (Lipinski definition) is 3. The number of amides is 1. The third-order valence-corrected chi connectivity index (χ3v) is 4.89. The van der Waals surface area contributed by atoms with Crippen molar-refractivity contribution in [3.8, 4) is 16.9 Å². The summed E-state index contributed by atoms with van der Waals surface area (Å²) >= 11 is 0. The minimum Gasteiger partial charge on any atom is -0.496 e. The van der Waals surface area contributed by atoms with E-state index in [0.29, 0.717) is 11.3 Å². The second-order valence-corrected chi connectivity index (χ2v) is 6.70. The fourth-order valence-corrected chi connectivity index (χ4v) is 3.31. The summed E-state index contributed by atoms with van der Waals surface area (Å²) in [5.41, 5.74) is 3.41. The van der Waals surface area contributed by atoms with Gasteiger partial charge in [-0.25, -0.2) is 0 Å². The molecule has 1 aromatic heterocycles. The van der Waals surface area contributed by atoms with Gasteiger partial charge in [-0.15, -0.1) is 0 Å². The molecule has 4 aromatic rings. The number of carbonyl (C=O) groups is 1. The lowest BCUT2D eigenvalue weighted by Crippen LogP contribution is -2.26. The van der Waals surface area contributed by atoms with E-state index in [1.54, 1.807) is 31.6 Å². The Morgan fingerprint density at radius 1 is 1.07 bits per heavy atom. The van der Waals surface area contributed by atoms with Crippen LogP contribution < -0.4 is 10.1 Å². The fourth-order valence-electron chi connectivity index (χ4n) is 3.31. The molecule has 3 aromatic carbocycles. The zero-order chi connectivity index (χ0) is 19.5. The van der Waals surface area contributed by atoms with Gasteiger partial charge in [-0.05, 0) is 47.5 Å². The Labute approximate surface area is 163 Å². The number of rotatable bonds is 5. The number of aromatic nitrogens is 2. The Balaban J connectivity index is 1.55. The number of fused-ring (bicyclic) bond motifs is 1. The van der Waals surface area contributed by atoms with E-state index in [1.807, 2.05) is 25.1 Å². The summed E-state index contributed by atoms with van der Waals surface area (Å²) in [6, 6.07) is 19.8. The molecule has 1 unspecified atom stereocenters. The molecule has 4 rings (SSSR count). The zero-order valence-corrected chi connectivity index (χ0v) is 15.8. The van der Waals surface area contributed by atoms with Crippen molar-refractivity contribution >= 4 is 16.7 Å². The number of hydrogen-bond donors (Lipinski definition) is 2. The molecular formula is C23H21N3O2. The van der Waals surface area contributed by atoms with Crippen molar-refractivity contribution in [2.45, 2.75) is 13.0 Å². The molecule has 5 heteroatoms. The third kappa shape index (κ3) is 3.47. The van der Waals surface area contributed by atoms with Crippen molar-refractivity contribution in [2.24, 2.45) is 0 Å². The van der Waals surface area contributed by atoms with Gasteiger partial charge >= 0.3 is 0 Å². The van der Waals surface area contributed by atoms with Crippen LogP contribution >= 0.6 is 0 Å². The summed E-state index contributed by atoms with van der Waals surface area (Å²) in [7, 11) is 1.60. The van der Waals surface area contributed by atoms with Crippen LogP contribution in [-0.2, 0) is 0 Å². The predicted molar refractivity (Wildman–Crippen MR) is 110 cm³/mol. The van der Waals surface area contributed by atoms with Gasteiger partial charge in [0.1, 0.15) is 5.75 Å². The van der Waals surface area contributed by atoms with Crippen molar-refractivity contribution in [1.29, 1.82) is 0 Å². The van der Waals surface area contributed by atoms with E-state index >= 15 is 0 Å². The number of aromatic amines is 1. The highest BCUT2D eigenvalue weighted by molar-refractivity contribution is 5.96. The number of carbonyl (C=O) groups excluding carboxylic acids is 1. The standard InChI is InChI=1S/C23H21N3O2/c1-15(17-8-7-16-5-3-4-6-18(16)11-17)26-23(27)19-9-10-21(22(12-19)28-2)20-13-24-25-14-20/h3-15H,1-2H3,(H,24,25)(H,26,27). The average Bonchev–Trinajstić information content (AvgIpc) is 3.27. The van der Waals surface area contributed by atoms with Gasteiger partial charge in [0.15, 0.2) is 0 Å². The van der Waals surface area contributed by atoms with Gasteiger partial charge in [0.2, 0.25) is 0 Å². The Hall–Kier alpha value is -3.60. The molecule has 2 N–H and O–H groups in total. The summed E-state index contributed by atoms with van der Waals surface area (Å²) in [6.45, 7) is 1.99. The lowest BCUT2D eigenvalue weighted by molar-refractivity contribution is 0.0939. The van der Waals surface area contributed by atoms with E-state index in [0.717, 1.165) is 22.1 Å². The highest BCUT2D eigenvalue weighted by atomic mass is 16.5. The topological polar surface area (TPSA) is 67.0 Å². The van der Waals surface area contributed by atoms with E-state index in [4.69, 9.17) is 4.74 Å². The first kappa shape index (κ1) is 17.8. The monoisotopic (exact) mass is 371 g/mol. The van der Waals surface area contributed by atoms with E-state index < -0.39 is 0 Å². The van der Waals surface area contributed by atoms with Crippen LogP contribution in [0, 0.1) is 0 Å². The predicted octanol–water partition coefficient (Wildman–Crippen LogP) is 4.73. The normalized spacial score (nSPS) is 11.9. The second kappa shape index (κ2) is 7.56. The van der Waals surface area contributed by atoms with Crippen LogP contribution in [0.1, 0.15) is 28.9 Å². The van der Waals surface area contributed by atoms with Crippen molar-refractivity contribution in [1.82, 2.24) is 15.5 Å². The molecule has 1 amide bonds. The van der Waals surface area contributed by atoms with E-state index in [9.17, 15) is 4.79 Å². The molecule has 28 heavy (non-hydrogen) atoms. The highest BCUT2D eigenvalue weighted by Gasteiger charge is 2.15. The number of benzene rings is 3. The fraction of sp³-hybridized carbons (Fsp3) is 0.130. The molecule has 0 radical (unpaired) electrons. The first-order valence-corrected chi connectivity index (χ1v) is 9.12. The van der Waals surface area contributed by atoms with Crippen LogP contribution in [0.15, 0.2) is 73.1 Å². The molecule has 0 saturated heterocycles.